The number of nitrogens with one attached hydrogen (secondary N) is 1. The molecule has 0 saturated carbocycles. The number of benzene rings is 2. The summed E-state index contributed by atoms with van der Waals surface area (Å²) in [6.07, 6.45) is -1.51. The number of anilines is 1. The molecule has 1 fully saturated rings. The average Bonchev–Trinajstić information content (AvgIpc) is 3.08. The number of hydrogen-bond donors (Lipinski definition) is 2. The van der Waals surface area contributed by atoms with E-state index in [0.717, 1.165) is 31.4 Å². The third kappa shape index (κ3) is 5.01. The fraction of sp³-hybridized carbons (Fsp3) is 0.385. The Morgan fingerprint density at radius 2 is 2.03 bits per heavy atom. The van der Waals surface area contributed by atoms with Gasteiger partial charge in [0.25, 0.3) is 5.91 Å². The number of carbonyl (C=O) groups excluding carboxylic acids is 1. The van der Waals surface area contributed by atoms with E-state index in [1.807, 2.05) is 9.47 Å². The number of amides is 1. The first-order valence-corrected chi connectivity index (χ1v) is 12.1. The molecule has 0 aliphatic carbocycles. The highest BCUT2D eigenvalue weighted by molar-refractivity contribution is 6.04. The number of likely N-dealkylation sites (tertiary alicyclic amines) is 1. The molecule has 5 rings (SSSR count). The van der Waals surface area contributed by atoms with Crippen LogP contribution < -0.4 is 14.8 Å². The summed E-state index contributed by atoms with van der Waals surface area (Å²) in [5.74, 6) is 0.508. The summed E-state index contributed by atoms with van der Waals surface area (Å²) in [7, 11) is 0. The van der Waals surface area contributed by atoms with Crippen molar-refractivity contribution in [1.82, 2.24) is 14.5 Å². The molecule has 0 spiro atoms. The number of ether oxygens (including phenoxy) is 2. The van der Waals surface area contributed by atoms with Gasteiger partial charge in [0.2, 0.25) is 5.95 Å². The van der Waals surface area contributed by atoms with Crippen LogP contribution in [0.1, 0.15) is 41.2 Å². The summed E-state index contributed by atoms with van der Waals surface area (Å²) in [5, 5.41) is 13.2. The van der Waals surface area contributed by atoms with Gasteiger partial charge in [-0.2, -0.15) is 13.2 Å². The lowest BCUT2D eigenvalue weighted by atomic mass is 10.1. The molecule has 2 N–H and O–H groups in total. The van der Waals surface area contributed by atoms with E-state index in [1.165, 1.54) is 18.2 Å². The van der Waals surface area contributed by atoms with E-state index in [9.17, 15) is 23.1 Å². The van der Waals surface area contributed by atoms with E-state index in [0.29, 0.717) is 48.8 Å². The Balaban J connectivity index is 1.59. The van der Waals surface area contributed by atoms with Gasteiger partial charge in [0.15, 0.2) is 11.5 Å². The number of nitrogens with zero attached hydrogens (tertiary/aromatic N) is 3. The molecule has 2 aliphatic heterocycles. The van der Waals surface area contributed by atoms with Gasteiger partial charge in [0.05, 0.1) is 17.1 Å². The van der Waals surface area contributed by atoms with Crippen LogP contribution in [0.4, 0.5) is 19.1 Å². The van der Waals surface area contributed by atoms with Crippen LogP contribution in [0.15, 0.2) is 49.1 Å². The van der Waals surface area contributed by atoms with Gasteiger partial charge in [-0.05, 0) is 49.2 Å². The van der Waals surface area contributed by atoms with E-state index < -0.39 is 23.9 Å². The number of aliphatic hydroxyl groups excluding tert-OH is 1. The molecule has 1 saturated heterocycles. The lowest BCUT2D eigenvalue weighted by Gasteiger charge is -2.29. The van der Waals surface area contributed by atoms with Crippen LogP contribution >= 0.6 is 0 Å². The number of hydrogen-bond acceptors (Lipinski definition) is 6. The van der Waals surface area contributed by atoms with Crippen LogP contribution in [-0.4, -0.2) is 58.0 Å². The molecule has 0 bridgehead atoms. The number of aromatic nitrogens is 2. The highest BCUT2D eigenvalue weighted by Gasteiger charge is 2.32. The van der Waals surface area contributed by atoms with E-state index in [1.54, 1.807) is 12.1 Å². The van der Waals surface area contributed by atoms with Crippen molar-refractivity contribution in [2.24, 2.45) is 0 Å². The lowest BCUT2D eigenvalue weighted by molar-refractivity contribution is -0.137. The van der Waals surface area contributed by atoms with Crippen molar-refractivity contribution < 1.29 is 32.5 Å². The number of imidazole rings is 1. The number of carbonyl (C=O) groups is 1. The van der Waals surface area contributed by atoms with Gasteiger partial charge in [-0.15, -0.1) is 0 Å². The summed E-state index contributed by atoms with van der Waals surface area (Å²) >= 11 is 0. The van der Waals surface area contributed by atoms with E-state index in [2.05, 4.69) is 16.9 Å². The standard InChI is InChI=1S/C26H27F3N4O4/c1-2-21(34)32-11-4-3-8-18(15-32)33-22-19(9-10-20-23(22)37-13-12-36-20)30-25(33)31-24(35)16-6-5-7-17(14-16)26(27,28)29/h2,5-7,9-10,14,18,21,34H,1,3-4,8,11-13,15H2,(H,30,31,35)/t18-,21?/m1/s1. The van der Waals surface area contributed by atoms with Gasteiger partial charge in [0.1, 0.15) is 25.0 Å². The van der Waals surface area contributed by atoms with Gasteiger partial charge in [-0.25, -0.2) is 4.98 Å². The van der Waals surface area contributed by atoms with Gasteiger partial charge in [-0.1, -0.05) is 19.1 Å². The first-order chi connectivity index (χ1) is 17.8. The second kappa shape index (κ2) is 10.1. The van der Waals surface area contributed by atoms with E-state index in [-0.39, 0.29) is 17.6 Å². The number of alkyl halides is 3. The number of fused-ring (bicyclic) bond motifs is 3. The van der Waals surface area contributed by atoms with Crippen LogP contribution in [0.25, 0.3) is 11.0 Å². The predicted octanol–water partition coefficient (Wildman–Crippen LogP) is 4.61. The van der Waals surface area contributed by atoms with Crippen LogP contribution in [0.3, 0.4) is 0 Å². The van der Waals surface area contributed by atoms with E-state index >= 15 is 0 Å². The third-order valence-corrected chi connectivity index (χ3v) is 6.66. The highest BCUT2D eigenvalue weighted by Crippen LogP contribution is 2.42. The van der Waals surface area contributed by atoms with Gasteiger partial charge >= 0.3 is 6.18 Å². The Labute approximate surface area is 211 Å². The molecule has 3 aromatic rings. The van der Waals surface area contributed by atoms with Crippen LogP contribution in [-0.2, 0) is 6.18 Å². The van der Waals surface area contributed by atoms with E-state index in [4.69, 9.17) is 9.47 Å². The Hall–Kier alpha value is -3.57. The maximum Gasteiger partial charge on any atom is 0.416 e. The lowest BCUT2D eigenvalue weighted by Crippen LogP contribution is -2.37. The Bertz CT molecular complexity index is 1320. The second-order valence-corrected chi connectivity index (χ2v) is 9.09. The first kappa shape index (κ1) is 25.1. The first-order valence-electron chi connectivity index (χ1n) is 12.1. The largest absolute Gasteiger partial charge is 0.486 e. The maximum absolute atomic E-state index is 13.2. The molecular weight excluding hydrogens is 489 g/mol. The van der Waals surface area contributed by atoms with Crippen molar-refractivity contribution in [2.75, 3.05) is 31.6 Å². The van der Waals surface area contributed by atoms with Gasteiger partial charge < -0.3 is 19.1 Å². The summed E-state index contributed by atoms with van der Waals surface area (Å²) in [6.45, 7) is 5.54. The second-order valence-electron chi connectivity index (χ2n) is 9.09. The molecule has 8 nitrogen and oxygen atoms in total. The van der Waals surface area contributed by atoms with Crippen molar-refractivity contribution in [1.29, 1.82) is 0 Å². The fourth-order valence-electron chi connectivity index (χ4n) is 4.89. The molecule has 2 atom stereocenters. The number of aliphatic hydroxyl groups is 1. The Morgan fingerprint density at radius 1 is 1.22 bits per heavy atom. The molecule has 1 amide bonds. The van der Waals surface area contributed by atoms with Crippen molar-refractivity contribution in [2.45, 2.75) is 37.7 Å². The normalized spacial score (nSPS) is 19.3. The minimum atomic E-state index is -4.57. The van der Waals surface area contributed by atoms with Crippen LogP contribution in [0.2, 0.25) is 0 Å². The Morgan fingerprint density at radius 3 is 2.81 bits per heavy atom. The SMILES string of the molecule is C=CC(O)N1CCCC[C@@H](n2c(NC(=O)c3cccc(C(F)(F)F)c3)nc3ccc4c(c32)OCCO4)C1. The van der Waals surface area contributed by atoms with Crippen molar-refractivity contribution >= 4 is 22.9 Å². The number of rotatable bonds is 5. The summed E-state index contributed by atoms with van der Waals surface area (Å²) in [5.41, 5.74) is 0.117. The van der Waals surface area contributed by atoms with Crippen molar-refractivity contribution in [3.63, 3.8) is 0 Å². The zero-order valence-corrected chi connectivity index (χ0v) is 20.0. The summed E-state index contributed by atoms with van der Waals surface area (Å²) in [4.78, 5) is 19.6. The molecule has 1 unspecified atom stereocenters. The minimum absolute atomic E-state index is 0.139. The van der Waals surface area contributed by atoms with Gasteiger partial charge in [0, 0.05) is 18.7 Å². The highest BCUT2D eigenvalue weighted by atomic mass is 19.4. The van der Waals surface area contributed by atoms with Crippen LogP contribution in [0.5, 0.6) is 11.5 Å². The third-order valence-electron chi connectivity index (χ3n) is 6.66. The molecule has 196 valence electrons. The van der Waals surface area contributed by atoms with Crippen molar-refractivity contribution in [3.05, 3.63) is 60.2 Å². The summed E-state index contributed by atoms with van der Waals surface area (Å²) in [6, 6.07) is 7.53. The fourth-order valence-corrected chi connectivity index (χ4v) is 4.89. The Kier molecular flexibility index (Phi) is 6.82. The molecular formula is C26H27F3N4O4. The molecule has 2 aromatic carbocycles. The topological polar surface area (TPSA) is 88.9 Å². The molecule has 0 radical (unpaired) electrons. The zero-order valence-electron chi connectivity index (χ0n) is 20.0. The molecule has 3 heterocycles. The maximum atomic E-state index is 13.2. The zero-order chi connectivity index (χ0) is 26.2. The smallest absolute Gasteiger partial charge is 0.416 e. The summed E-state index contributed by atoms with van der Waals surface area (Å²) < 4.78 is 53.2. The predicted molar refractivity (Wildman–Crippen MR) is 131 cm³/mol. The molecule has 37 heavy (non-hydrogen) atoms. The minimum Gasteiger partial charge on any atom is -0.486 e. The average molecular weight is 517 g/mol. The molecule has 1 aromatic heterocycles. The monoisotopic (exact) mass is 516 g/mol. The van der Waals surface area contributed by atoms with Crippen molar-refractivity contribution in [3.8, 4) is 11.5 Å². The quantitative estimate of drug-likeness (QED) is 0.482. The number of halogens is 3. The van der Waals surface area contributed by atoms with Crippen LogP contribution in [0, 0.1) is 0 Å². The van der Waals surface area contributed by atoms with Gasteiger partial charge in [-0.3, -0.25) is 15.0 Å². The molecule has 2 aliphatic rings. The molecule has 11 heteroatoms.